The second-order valence-corrected chi connectivity index (χ2v) is 5.97. The van der Waals surface area contributed by atoms with E-state index >= 15 is 0 Å². The molecular weight excluding hydrogens is 328 g/mol. The van der Waals surface area contributed by atoms with Crippen LogP contribution in [0, 0.1) is 13.8 Å². The van der Waals surface area contributed by atoms with Gasteiger partial charge in [-0.05, 0) is 55.2 Å². The Morgan fingerprint density at radius 1 is 1.08 bits per heavy atom. The summed E-state index contributed by atoms with van der Waals surface area (Å²) in [7, 11) is 0. The van der Waals surface area contributed by atoms with Gasteiger partial charge in [-0.1, -0.05) is 29.8 Å². The molecule has 0 atom stereocenters. The maximum absolute atomic E-state index is 12.0. The van der Waals surface area contributed by atoms with Crippen molar-refractivity contribution in [1.82, 2.24) is 5.32 Å². The normalized spacial score (nSPS) is 10.3. The number of halogens is 1. The van der Waals surface area contributed by atoms with Gasteiger partial charge >= 0.3 is 11.8 Å². The molecule has 0 unspecified atom stereocenters. The molecule has 0 aliphatic rings. The first-order chi connectivity index (χ1) is 11.4. The van der Waals surface area contributed by atoms with Crippen LogP contribution in [0.25, 0.3) is 0 Å². The summed E-state index contributed by atoms with van der Waals surface area (Å²) in [6.07, 6.45) is 0.559. The van der Waals surface area contributed by atoms with Gasteiger partial charge in [0.1, 0.15) is 5.75 Å². The van der Waals surface area contributed by atoms with E-state index in [4.69, 9.17) is 11.6 Å². The number of phenolic OH excluding ortho intramolecular Hbond substituents is 1. The van der Waals surface area contributed by atoms with Crippen LogP contribution < -0.4 is 10.6 Å². The monoisotopic (exact) mass is 346 g/mol. The lowest BCUT2D eigenvalue weighted by Crippen LogP contribution is -2.36. The number of anilines is 1. The lowest BCUT2D eigenvalue weighted by molar-refractivity contribution is -0.136. The molecule has 0 heterocycles. The van der Waals surface area contributed by atoms with Crippen LogP contribution in [0.2, 0.25) is 5.02 Å². The summed E-state index contributed by atoms with van der Waals surface area (Å²) in [6.45, 7) is 4.04. The number of benzene rings is 2. The fourth-order valence-corrected chi connectivity index (χ4v) is 2.68. The second-order valence-electron chi connectivity index (χ2n) is 5.57. The minimum Gasteiger partial charge on any atom is -0.508 e. The van der Waals surface area contributed by atoms with Crippen molar-refractivity contribution in [3.63, 3.8) is 0 Å². The zero-order chi connectivity index (χ0) is 17.7. The third kappa shape index (κ3) is 4.73. The van der Waals surface area contributed by atoms with Crippen molar-refractivity contribution >= 4 is 29.1 Å². The SMILES string of the molecule is Cc1cc(C)c(NC(=O)C(=O)NCCc2ccc(O)cc2)c(Cl)c1. The van der Waals surface area contributed by atoms with Crippen LogP contribution >= 0.6 is 11.6 Å². The van der Waals surface area contributed by atoms with Crippen LogP contribution in [-0.4, -0.2) is 23.5 Å². The maximum atomic E-state index is 12.0. The van der Waals surface area contributed by atoms with E-state index in [1.165, 1.54) is 0 Å². The number of carbonyl (C=O) groups is 2. The van der Waals surface area contributed by atoms with E-state index in [1.807, 2.05) is 19.9 Å². The van der Waals surface area contributed by atoms with E-state index in [-0.39, 0.29) is 5.75 Å². The third-order valence-corrected chi connectivity index (χ3v) is 3.81. The van der Waals surface area contributed by atoms with Gasteiger partial charge in [0.2, 0.25) is 0 Å². The molecule has 2 aromatic rings. The van der Waals surface area contributed by atoms with Crippen LogP contribution in [-0.2, 0) is 16.0 Å². The molecule has 5 nitrogen and oxygen atoms in total. The van der Waals surface area contributed by atoms with Crippen molar-refractivity contribution < 1.29 is 14.7 Å². The van der Waals surface area contributed by atoms with Crippen LogP contribution in [0.5, 0.6) is 5.75 Å². The van der Waals surface area contributed by atoms with Crippen molar-refractivity contribution in [1.29, 1.82) is 0 Å². The van der Waals surface area contributed by atoms with Crippen molar-refractivity contribution in [3.05, 3.63) is 58.1 Å². The quantitative estimate of drug-likeness (QED) is 0.745. The lowest BCUT2D eigenvalue weighted by atomic mass is 10.1. The Kier molecular flexibility index (Phi) is 5.82. The minimum absolute atomic E-state index is 0.188. The lowest BCUT2D eigenvalue weighted by Gasteiger charge is -2.11. The van der Waals surface area contributed by atoms with E-state index in [0.717, 1.165) is 16.7 Å². The molecule has 2 rings (SSSR count). The standard InChI is InChI=1S/C18H19ClN2O3/c1-11-9-12(2)16(15(19)10-11)21-18(24)17(23)20-8-7-13-3-5-14(22)6-4-13/h3-6,9-10,22H,7-8H2,1-2H3,(H,20,23)(H,21,24). The molecule has 2 amide bonds. The first-order valence-electron chi connectivity index (χ1n) is 7.50. The van der Waals surface area contributed by atoms with Gasteiger partial charge < -0.3 is 15.7 Å². The molecule has 0 fully saturated rings. The zero-order valence-corrected chi connectivity index (χ0v) is 14.3. The Morgan fingerprint density at radius 3 is 2.38 bits per heavy atom. The Morgan fingerprint density at radius 2 is 1.75 bits per heavy atom. The van der Waals surface area contributed by atoms with Crippen molar-refractivity contribution in [2.45, 2.75) is 20.3 Å². The summed E-state index contributed by atoms with van der Waals surface area (Å²) < 4.78 is 0. The Bertz CT molecular complexity index is 734. The number of carbonyl (C=O) groups excluding carboxylic acids is 2. The smallest absolute Gasteiger partial charge is 0.313 e. The van der Waals surface area contributed by atoms with E-state index in [2.05, 4.69) is 10.6 Å². The van der Waals surface area contributed by atoms with Crippen LogP contribution in [0.4, 0.5) is 5.69 Å². The Balaban J connectivity index is 1.88. The number of phenols is 1. The molecule has 0 aliphatic heterocycles. The van der Waals surface area contributed by atoms with E-state index in [9.17, 15) is 14.7 Å². The van der Waals surface area contributed by atoms with Gasteiger partial charge in [-0.25, -0.2) is 0 Å². The van der Waals surface area contributed by atoms with Gasteiger partial charge in [-0.3, -0.25) is 9.59 Å². The molecule has 126 valence electrons. The maximum Gasteiger partial charge on any atom is 0.313 e. The van der Waals surface area contributed by atoms with Crippen molar-refractivity contribution in [2.75, 3.05) is 11.9 Å². The number of nitrogens with one attached hydrogen (secondary N) is 2. The number of aromatic hydroxyl groups is 1. The van der Waals surface area contributed by atoms with Crippen LogP contribution in [0.15, 0.2) is 36.4 Å². The molecule has 6 heteroatoms. The predicted octanol–water partition coefficient (Wildman–Crippen LogP) is 2.96. The second kappa shape index (κ2) is 7.84. The average Bonchev–Trinajstić information content (AvgIpc) is 2.52. The molecule has 0 bridgehead atoms. The highest BCUT2D eigenvalue weighted by Gasteiger charge is 2.16. The van der Waals surface area contributed by atoms with Gasteiger partial charge in [-0.15, -0.1) is 0 Å². The summed E-state index contributed by atoms with van der Waals surface area (Å²) >= 11 is 6.11. The highest BCUT2D eigenvalue weighted by atomic mass is 35.5. The van der Waals surface area contributed by atoms with Gasteiger partial charge in [0.15, 0.2) is 0 Å². The molecular formula is C18H19ClN2O3. The fourth-order valence-electron chi connectivity index (χ4n) is 2.31. The number of amides is 2. The minimum atomic E-state index is -0.755. The largest absolute Gasteiger partial charge is 0.508 e. The average molecular weight is 347 g/mol. The van der Waals surface area contributed by atoms with E-state index in [0.29, 0.717) is 23.7 Å². The topological polar surface area (TPSA) is 78.4 Å². The molecule has 24 heavy (non-hydrogen) atoms. The van der Waals surface area contributed by atoms with Crippen molar-refractivity contribution in [3.8, 4) is 5.75 Å². The first-order valence-corrected chi connectivity index (χ1v) is 7.88. The molecule has 0 spiro atoms. The predicted molar refractivity (Wildman–Crippen MR) is 94.4 cm³/mol. The molecule has 0 aromatic heterocycles. The Hall–Kier alpha value is -2.53. The molecule has 0 saturated carbocycles. The van der Waals surface area contributed by atoms with Gasteiger partial charge in [-0.2, -0.15) is 0 Å². The van der Waals surface area contributed by atoms with Gasteiger partial charge in [0, 0.05) is 6.54 Å². The molecule has 2 aromatic carbocycles. The zero-order valence-electron chi connectivity index (χ0n) is 13.5. The van der Waals surface area contributed by atoms with Crippen LogP contribution in [0.3, 0.4) is 0 Å². The van der Waals surface area contributed by atoms with Gasteiger partial charge in [0.25, 0.3) is 0 Å². The number of hydrogen-bond acceptors (Lipinski definition) is 3. The Labute approximate surface area is 145 Å². The van der Waals surface area contributed by atoms with E-state index < -0.39 is 11.8 Å². The molecule has 0 saturated heterocycles. The third-order valence-electron chi connectivity index (χ3n) is 3.51. The molecule has 3 N–H and O–H groups in total. The highest BCUT2D eigenvalue weighted by Crippen LogP contribution is 2.27. The summed E-state index contributed by atoms with van der Waals surface area (Å²) in [5, 5.41) is 14.7. The number of hydrogen-bond donors (Lipinski definition) is 3. The molecule has 0 aliphatic carbocycles. The van der Waals surface area contributed by atoms with Crippen molar-refractivity contribution in [2.24, 2.45) is 0 Å². The summed E-state index contributed by atoms with van der Waals surface area (Å²) in [5.41, 5.74) is 3.17. The summed E-state index contributed by atoms with van der Waals surface area (Å²) in [4.78, 5) is 23.8. The summed E-state index contributed by atoms with van der Waals surface area (Å²) in [6, 6.07) is 10.3. The van der Waals surface area contributed by atoms with Gasteiger partial charge in [0.05, 0.1) is 10.7 Å². The van der Waals surface area contributed by atoms with Crippen LogP contribution in [0.1, 0.15) is 16.7 Å². The number of aryl methyl sites for hydroxylation is 2. The fraction of sp³-hybridized carbons (Fsp3) is 0.222. The highest BCUT2D eigenvalue weighted by molar-refractivity contribution is 6.41. The molecule has 0 radical (unpaired) electrons. The number of rotatable bonds is 4. The first kappa shape index (κ1) is 17.8. The van der Waals surface area contributed by atoms with E-state index in [1.54, 1.807) is 30.3 Å². The summed E-state index contributed by atoms with van der Waals surface area (Å²) in [5.74, 6) is -1.29.